The van der Waals surface area contributed by atoms with Crippen LogP contribution in [0.5, 0.6) is 5.75 Å². The van der Waals surface area contributed by atoms with Crippen molar-refractivity contribution in [3.63, 3.8) is 0 Å². The third-order valence-electron chi connectivity index (χ3n) is 4.41. The van der Waals surface area contributed by atoms with E-state index in [1.165, 1.54) is 0 Å². The number of benzene rings is 1. The van der Waals surface area contributed by atoms with Crippen molar-refractivity contribution in [2.75, 3.05) is 13.7 Å². The Labute approximate surface area is 139 Å². The van der Waals surface area contributed by atoms with Gasteiger partial charge >= 0.3 is 0 Å². The Bertz CT molecular complexity index is 829. The number of nitrogens with one attached hydrogen (secondary N) is 2. The second kappa shape index (κ2) is 6.01. The van der Waals surface area contributed by atoms with E-state index in [2.05, 4.69) is 30.9 Å². The van der Waals surface area contributed by atoms with E-state index in [1.54, 1.807) is 6.20 Å². The van der Waals surface area contributed by atoms with E-state index < -0.39 is 0 Å². The maximum absolute atomic E-state index is 5.92. The average Bonchev–Trinajstić information content (AvgIpc) is 3.22. The Balaban J connectivity index is 1.56. The fourth-order valence-corrected chi connectivity index (χ4v) is 2.62. The van der Waals surface area contributed by atoms with Crippen LogP contribution < -0.4 is 10.1 Å². The number of H-pyrrole nitrogens is 1. The van der Waals surface area contributed by atoms with Crippen LogP contribution >= 0.6 is 0 Å². The molecule has 0 unspecified atom stereocenters. The SMILES string of the molecule is CNC1(COc2cncc(-c3cccc(-c4nn[nH]n4)c3)c2)CC1. The van der Waals surface area contributed by atoms with Crippen LogP contribution in [0.2, 0.25) is 0 Å². The lowest BCUT2D eigenvalue weighted by Crippen LogP contribution is -2.33. The number of aromatic amines is 1. The highest BCUT2D eigenvalue weighted by Gasteiger charge is 2.41. The minimum atomic E-state index is 0.147. The molecule has 7 heteroatoms. The molecule has 4 rings (SSSR count). The summed E-state index contributed by atoms with van der Waals surface area (Å²) in [6.07, 6.45) is 5.89. The van der Waals surface area contributed by atoms with Gasteiger partial charge < -0.3 is 10.1 Å². The lowest BCUT2D eigenvalue weighted by atomic mass is 10.0. The smallest absolute Gasteiger partial charge is 0.204 e. The first-order chi connectivity index (χ1) is 11.8. The summed E-state index contributed by atoms with van der Waals surface area (Å²) in [6, 6.07) is 9.97. The Morgan fingerprint density at radius 3 is 2.79 bits per heavy atom. The van der Waals surface area contributed by atoms with E-state index in [0.29, 0.717) is 12.4 Å². The zero-order chi connectivity index (χ0) is 16.4. The van der Waals surface area contributed by atoms with Crippen molar-refractivity contribution < 1.29 is 4.74 Å². The van der Waals surface area contributed by atoms with Gasteiger partial charge in [-0.1, -0.05) is 18.2 Å². The highest BCUT2D eigenvalue weighted by molar-refractivity contribution is 5.70. The molecule has 0 bridgehead atoms. The summed E-state index contributed by atoms with van der Waals surface area (Å²) in [4.78, 5) is 4.31. The van der Waals surface area contributed by atoms with Gasteiger partial charge in [-0.15, -0.1) is 10.2 Å². The van der Waals surface area contributed by atoms with Crippen molar-refractivity contribution in [1.82, 2.24) is 30.9 Å². The molecule has 1 aliphatic carbocycles. The predicted molar refractivity (Wildman–Crippen MR) is 89.4 cm³/mol. The third kappa shape index (κ3) is 2.98. The normalized spacial score (nSPS) is 15.2. The Kier molecular flexibility index (Phi) is 3.70. The van der Waals surface area contributed by atoms with Gasteiger partial charge in [-0.3, -0.25) is 4.98 Å². The summed E-state index contributed by atoms with van der Waals surface area (Å²) >= 11 is 0. The van der Waals surface area contributed by atoms with E-state index in [4.69, 9.17) is 4.74 Å². The molecule has 1 aliphatic rings. The number of pyridine rings is 1. The zero-order valence-electron chi connectivity index (χ0n) is 13.4. The van der Waals surface area contributed by atoms with Gasteiger partial charge in [0.25, 0.3) is 0 Å². The number of nitrogens with zero attached hydrogens (tertiary/aromatic N) is 4. The summed E-state index contributed by atoms with van der Waals surface area (Å²) in [5.41, 5.74) is 3.07. The number of tetrazole rings is 1. The molecule has 0 radical (unpaired) electrons. The largest absolute Gasteiger partial charge is 0.490 e. The zero-order valence-corrected chi connectivity index (χ0v) is 13.4. The summed E-state index contributed by atoms with van der Waals surface area (Å²) in [5.74, 6) is 1.35. The number of hydrogen-bond acceptors (Lipinski definition) is 6. The maximum atomic E-state index is 5.92. The van der Waals surface area contributed by atoms with Gasteiger partial charge in [0, 0.05) is 17.3 Å². The Morgan fingerprint density at radius 1 is 1.17 bits per heavy atom. The van der Waals surface area contributed by atoms with E-state index in [1.807, 2.05) is 43.6 Å². The van der Waals surface area contributed by atoms with Crippen LogP contribution in [0.25, 0.3) is 22.5 Å². The Hall–Kier alpha value is -2.80. The molecule has 0 amide bonds. The summed E-state index contributed by atoms with van der Waals surface area (Å²) < 4.78 is 5.92. The number of aromatic nitrogens is 5. The van der Waals surface area contributed by atoms with Gasteiger partial charge in [0.1, 0.15) is 12.4 Å². The number of rotatable bonds is 6. The molecule has 0 spiro atoms. The van der Waals surface area contributed by atoms with Crippen molar-refractivity contribution in [2.45, 2.75) is 18.4 Å². The van der Waals surface area contributed by atoms with Crippen LogP contribution in [-0.2, 0) is 0 Å². The summed E-state index contributed by atoms with van der Waals surface area (Å²) in [7, 11) is 1.98. The summed E-state index contributed by atoms with van der Waals surface area (Å²) in [5, 5.41) is 17.4. The van der Waals surface area contributed by atoms with Crippen molar-refractivity contribution in [1.29, 1.82) is 0 Å². The fraction of sp³-hybridized carbons (Fsp3) is 0.294. The van der Waals surface area contributed by atoms with Crippen LogP contribution in [0.3, 0.4) is 0 Å². The topological polar surface area (TPSA) is 88.6 Å². The fourth-order valence-electron chi connectivity index (χ4n) is 2.62. The maximum Gasteiger partial charge on any atom is 0.204 e. The average molecular weight is 322 g/mol. The molecule has 0 aliphatic heterocycles. The quantitative estimate of drug-likeness (QED) is 0.722. The molecule has 2 N–H and O–H groups in total. The molecule has 3 aromatic rings. The van der Waals surface area contributed by atoms with E-state index in [-0.39, 0.29) is 5.54 Å². The van der Waals surface area contributed by atoms with Gasteiger partial charge in [-0.05, 0) is 42.8 Å². The Morgan fingerprint density at radius 2 is 2.04 bits per heavy atom. The highest BCUT2D eigenvalue weighted by atomic mass is 16.5. The van der Waals surface area contributed by atoms with Crippen molar-refractivity contribution in [2.24, 2.45) is 0 Å². The molecule has 24 heavy (non-hydrogen) atoms. The van der Waals surface area contributed by atoms with E-state index in [9.17, 15) is 0 Å². The third-order valence-corrected chi connectivity index (χ3v) is 4.41. The molecule has 0 saturated heterocycles. The van der Waals surface area contributed by atoms with Crippen LogP contribution in [0, 0.1) is 0 Å². The number of ether oxygens (including phenoxy) is 1. The second-order valence-electron chi connectivity index (χ2n) is 6.04. The lowest BCUT2D eigenvalue weighted by molar-refractivity contribution is 0.259. The second-order valence-corrected chi connectivity index (χ2v) is 6.04. The lowest BCUT2D eigenvalue weighted by Gasteiger charge is -2.15. The molecule has 1 saturated carbocycles. The van der Waals surface area contributed by atoms with Crippen LogP contribution in [0.1, 0.15) is 12.8 Å². The number of hydrogen-bond donors (Lipinski definition) is 2. The minimum Gasteiger partial charge on any atom is -0.490 e. The number of likely N-dealkylation sites (N-methyl/N-ethyl adjacent to an activating group) is 1. The summed E-state index contributed by atoms with van der Waals surface area (Å²) in [6.45, 7) is 0.664. The minimum absolute atomic E-state index is 0.147. The van der Waals surface area contributed by atoms with Crippen LogP contribution in [0.4, 0.5) is 0 Å². The van der Waals surface area contributed by atoms with Gasteiger partial charge in [0.2, 0.25) is 5.82 Å². The first-order valence-electron chi connectivity index (χ1n) is 7.89. The van der Waals surface area contributed by atoms with Gasteiger partial charge in [-0.25, -0.2) is 0 Å². The van der Waals surface area contributed by atoms with Crippen LogP contribution in [0.15, 0.2) is 42.7 Å². The predicted octanol–water partition coefficient (Wildman–Crippen LogP) is 2.06. The van der Waals surface area contributed by atoms with Crippen LogP contribution in [-0.4, -0.2) is 44.8 Å². The molecule has 1 aromatic carbocycles. The molecule has 2 aromatic heterocycles. The molecule has 1 fully saturated rings. The van der Waals surface area contributed by atoms with Crippen molar-refractivity contribution in [3.05, 3.63) is 42.7 Å². The molecule has 2 heterocycles. The molecule has 0 atom stereocenters. The molecular weight excluding hydrogens is 304 g/mol. The van der Waals surface area contributed by atoms with Crippen molar-refractivity contribution in [3.8, 4) is 28.3 Å². The van der Waals surface area contributed by atoms with Gasteiger partial charge in [0.15, 0.2) is 0 Å². The standard InChI is InChI=1S/C17H18N6O/c1-18-17(5-6-17)11-24-15-8-14(9-19-10-15)12-3-2-4-13(7-12)16-20-22-23-21-16/h2-4,7-10,18H,5-6,11H2,1H3,(H,20,21,22,23). The van der Waals surface area contributed by atoms with Gasteiger partial charge in [0.05, 0.1) is 11.7 Å². The van der Waals surface area contributed by atoms with E-state index >= 15 is 0 Å². The molecule has 122 valence electrons. The molecular formula is C17H18N6O. The molecule has 7 nitrogen and oxygen atoms in total. The van der Waals surface area contributed by atoms with Crippen molar-refractivity contribution >= 4 is 0 Å². The monoisotopic (exact) mass is 322 g/mol. The van der Waals surface area contributed by atoms with E-state index in [0.717, 1.165) is 35.3 Å². The first-order valence-corrected chi connectivity index (χ1v) is 7.89. The first kappa shape index (κ1) is 14.8. The van der Waals surface area contributed by atoms with Gasteiger partial charge in [-0.2, -0.15) is 5.21 Å². The highest BCUT2D eigenvalue weighted by Crippen LogP contribution is 2.35.